The van der Waals surface area contributed by atoms with Crippen molar-refractivity contribution < 1.29 is 9.21 Å². The number of carbonyl (C=O) groups excluding carboxylic acids is 1. The van der Waals surface area contributed by atoms with Crippen molar-refractivity contribution in [2.45, 2.75) is 58.5 Å². The Balaban J connectivity index is 1.89. The molecule has 5 nitrogen and oxygen atoms in total. The molecule has 0 bridgehead atoms. The first-order valence-corrected chi connectivity index (χ1v) is 7.04. The van der Waals surface area contributed by atoms with Crippen LogP contribution >= 0.6 is 0 Å². The van der Waals surface area contributed by atoms with Gasteiger partial charge >= 0.3 is 0 Å². The van der Waals surface area contributed by atoms with Gasteiger partial charge in [-0.05, 0) is 26.7 Å². The minimum Gasteiger partial charge on any atom is -0.444 e. The smallest absolute Gasteiger partial charge is 0.225 e. The first kappa shape index (κ1) is 14.1. The molecule has 0 radical (unpaired) electrons. The third kappa shape index (κ3) is 3.56. The molecular formula is C14H23N3O2. The lowest BCUT2D eigenvalue weighted by molar-refractivity contribution is -0.126. The van der Waals surface area contributed by atoms with E-state index in [2.05, 4.69) is 10.3 Å². The molecule has 1 heterocycles. The van der Waals surface area contributed by atoms with Crippen molar-refractivity contribution in [3.63, 3.8) is 0 Å². The third-order valence-corrected chi connectivity index (χ3v) is 3.89. The van der Waals surface area contributed by atoms with Crippen LogP contribution in [0.15, 0.2) is 4.42 Å². The summed E-state index contributed by atoms with van der Waals surface area (Å²) in [5, 5.41) is 2.89. The molecule has 1 aromatic heterocycles. The van der Waals surface area contributed by atoms with Crippen LogP contribution in [0, 0.1) is 19.8 Å². The number of amides is 1. The summed E-state index contributed by atoms with van der Waals surface area (Å²) >= 11 is 0. The van der Waals surface area contributed by atoms with E-state index in [0.29, 0.717) is 12.4 Å². The summed E-state index contributed by atoms with van der Waals surface area (Å²) in [6.07, 6.45) is 5.22. The van der Waals surface area contributed by atoms with E-state index >= 15 is 0 Å². The van der Waals surface area contributed by atoms with Crippen LogP contribution in [-0.2, 0) is 11.3 Å². The second-order valence-electron chi connectivity index (χ2n) is 5.38. The van der Waals surface area contributed by atoms with Gasteiger partial charge in [0, 0.05) is 6.04 Å². The van der Waals surface area contributed by atoms with Crippen molar-refractivity contribution in [1.82, 2.24) is 10.3 Å². The summed E-state index contributed by atoms with van der Waals surface area (Å²) in [4.78, 5) is 16.4. The van der Waals surface area contributed by atoms with E-state index in [0.717, 1.165) is 37.1 Å². The number of nitrogens with zero attached hydrogens (tertiary/aromatic N) is 1. The van der Waals surface area contributed by atoms with Gasteiger partial charge in [0.15, 0.2) is 0 Å². The average Bonchev–Trinajstić information content (AvgIpc) is 2.58. The van der Waals surface area contributed by atoms with Gasteiger partial charge in [0.1, 0.15) is 5.76 Å². The van der Waals surface area contributed by atoms with Crippen molar-refractivity contribution >= 4 is 5.91 Å². The fourth-order valence-electron chi connectivity index (χ4n) is 2.57. The Hall–Kier alpha value is -1.36. The number of nitrogens with one attached hydrogen (secondary N) is 1. The molecule has 0 spiro atoms. The molecule has 5 heteroatoms. The summed E-state index contributed by atoms with van der Waals surface area (Å²) in [5.74, 6) is 1.32. The van der Waals surface area contributed by atoms with Crippen LogP contribution in [0.4, 0.5) is 0 Å². The molecule has 106 valence electrons. The van der Waals surface area contributed by atoms with Crippen LogP contribution in [0.25, 0.3) is 0 Å². The quantitative estimate of drug-likeness (QED) is 0.817. The molecular weight excluding hydrogens is 242 g/mol. The van der Waals surface area contributed by atoms with Crippen LogP contribution in [-0.4, -0.2) is 16.9 Å². The minimum atomic E-state index is -0.0698. The van der Waals surface area contributed by atoms with Crippen molar-refractivity contribution in [3.8, 4) is 0 Å². The molecule has 3 N–H and O–H groups in total. The molecule has 0 aliphatic heterocycles. The van der Waals surface area contributed by atoms with Crippen molar-refractivity contribution in [2.24, 2.45) is 11.7 Å². The van der Waals surface area contributed by atoms with Crippen LogP contribution in [0.5, 0.6) is 0 Å². The number of hydrogen-bond acceptors (Lipinski definition) is 4. The fraction of sp³-hybridized carbons (Fsp3) is 0.714. The molecule has 0 saturated heterocycles. The zero-order valence-electron chi connectivity index (χ0n) is 11.7. The first-order valence-electron chi connectivity index (χ1n) is 7.04. The van der Waals surface area contributed by atoms with Gasteiger partial charge in [0.05, 0.1) is 18.2 Å². The second kappa shape index (κ2) is 6.19. The number of aryl methyl sites for hydroxylation is 2. The largest absolute Gasteiger partial charge is 0.444 e. The molecule has 19 heavy (non-hydrogen) atoms. The van der Waals surface area contributed by atoms with Crippen LogP contribution in [0.3, 0.4) is 0 Å². The van der Waals surface area contributed by atoms with Gasteiger partial charge in [0.25, 0.3) is 0 Å². The Morgan fingerprint density at radius 1 is 1.37 bits per heavy atom. The summed E-state index contributed by atoms with van der Waals surface area (Å²) in [6, 6.07) is -0.0180. The number of aromatic nitrogens is 1. The van der Waals surface area contributed by atoms with Crippen LogP contribution in [0.1, 0.15) is 49.4 Å². The van der Waals surface area contributed by atoms with Crippen molar-refractivity contribution in [2.75, 3.05) is 0 Å². The van der Waals surface area contributed by atoms with E-state index in [-0.39, 0.29) is 17.9 Å². The van der Waals surface area contributed by atoms with Gasteiger partial charge in [-0.2, -0.15) is 0 Å². The van der Waals surface area contributed by atoms with Gasteiger partial charge in [-0.3, -0.25) is 4.79 Å². The number of rotatable bonds is 3. The zero-order chi connectivity index (χ0) is 13.8. The molecule has 1 aliphatic rings. The highest BCUT2D eigenvalue weighted by Gasteiger charge is 2.26. The minimum absolute atomic E-state index is 0.0180. The van der Waals surface area contributed by atoms with E-state index in [1.54, 1.807) is 0 Å². The molecule has 1 aliphatic carbocycles. The highest BCUT2D eigenvalue weighted by Crippen LogP contribution is 2.22. The summed E-state index contributed by atoms with van der Waals surface area (Å²) < 4.78 is 5.45. The highest BCUT2D eigenvalue weighted by molar-refractivity contribution is 5.79. The number of oxazole rings is 1. The third-order valence-electron chi connectivity index (χ3n) is 3.89. The molecule has 2 unspecified atom stereocenters. The average molecular weight is 265 g/mol. The number of carbonyl (C=O) groups is 1. The second-order valence-corrected chi connectivity index (χ2v) is 5.38. The lowest BCUT2D eigenvalue weighted by atomic mass is 9.94. The fourth-order valence-corrected chi connectivity index (χ4v) is 2.57. The lowest BCUT2D eigenvalue weighted by Crippen LogP contribution is -2.41. The first-order chi connectivity index (χ1) is 9.08. The topological polar surface area (TPSA) is 81.2 Å². The van der Waals surface area contributed by atoms with Gasteiger partial charge in [-0.1, -0.05) is 19.3 Å². The SMILES string of the molecule is Cc1nc(CNC(=O)C2CCCCCC2N)oc1C. The standard InChI is InChI=1S/C14H23N3O2/c1-9-10(2)19-13(17-9)8-16-14(18)11-6-4-3-5-7-12(11)15/h11-12H,3-8,15H2,1-2H3,(H,16,18). The van der Waals surface area contributed by atoms with Gasteiger partial charge < -0.3 is 15.5 Å². The van der Waals surface area contributed by atoms with E-state index in [4.69, 9.17) is 10.2 Å². The van der Waals surface area contributed by atoms with Crippen molar-refractivity contribution in [1.29, 1.82) is 0 Å². The monoisotopic (exact) mass is 265 g/mol. The maximum absolute atomic E-state index is 12.2. The summed E-state index contributed by atoms with van der Waals surface area (Å²) in [5.41, 5.74) is 6.95. The van der Waals surface area contributed by atoms with Crippen LogP contribution < -0.4 is 11.1 Å². The molecule has 0 aromatic carbocycles. The number of hydrogen-bond donors (Lipinski definition) is 2. The lowest BCUT2D eigenvalue weighted by Gasteiger charge is -2.20. The molecule has 1 saturated carbocycles. The molecule has 1 amide bonds. The Morgan fingerprint density at radius 2 is 2.11 bits per heavy atom. The predicted molar refractivity (Wildman–Crippen MR) is 72.4 cm³/mol. The van der Waals surface area contributed by atoms with E-state index < -0.39 is 0 Å². The van der Waals surface area contributed by atoms with E-state index in [9.17, 15) is 4.79 Å². The van der Waals surface area contributed by atoms with Gasteiger partial charge in [0.2, 0.25) is 11.8 Å². The van der Waals surface area contributed by atoms with Crippen LogP contribution in [0.2, 0.25) is 0 Å². The van der Waals surface area contributed by atoms with E-state index in [1.165, 1.54) is 6.42 Å². The number of nitrogens with two attached hydrogens (primary N) is 1. The Morgan fingerprint density at radius 3 is 2.79 bits per heavy atom. The Bertz CT molecular complexity index is 422. The van der Waals surface area contributed by atoms with Gasteiger partial charge in [-0.15, -0.1) is 0 Å². The Kier molecular flexibility index (Phi) is 4.58. The zero-order valence-corrected chi connectivity index (χ0v) is 11.7. The highest BCUT2D eigenvalue weighted by atomic mass is 16.4. The van der Waals surface area contributed by atoms with Gasteiger partial charge in [-0.25, -0.2) is 4.98 Å². The Labute approximate surface area is 114 Å². The maximum atomic E-state index is 12.2. The summed E-state index contributed by atoms with van der Waals surface area (Å²) in [6.45, 7) is 4.11. The molecule has 2 rings (SSSR count). The maximum Gasteiger partial charge on any atom is 0.225 e. The van der Waals surface area contributed by atoms with E-state index in [1.807, 2.05) is 13.8 Å². The normalized spacial score (nSPS) is 23.9. The predicted octanol–water partition coefficient (Wildman–Crippen LogP) is 1.82. The molecule has 1 aromatic rings. The molecule has 2 atom stereocenters. The summed E-state index contributed by atoms with van der Waals surface area (Å²) in [7, 11) is 0. The molecule has 1 fully saturated rings. The van der Waals surface area contributed by atoms with Crippen molar-refractivity contribution in [3.05, 3.63) is 17.3 Å².